The smallest absolute Gasteiger partial charge is 0.152 e. The molecule has 0 bridgehead atoms. The van der Waals surface area contributed by atoms with Crippen LogP contribution in [0.25, 0.3) is 21.8 Å². The zero-order valence-electron chi connectivity index (χ0n) is 15.8. The van der Waals surface area contributed by atoms with Gasteiger partial charge in [0.1, 0.15) is 0 Å². The van der Waals surface area contributed by atoms with E-state index >= 15 is 0 Å². The van der Waals surface area contributed by atoms with Crippen molar-refractivity contribution in [2.45, 2.75) is 52.4 Å². The lowest BCUT2D eigenvalue weighted by Crippen LogP contribution is -2.12. The number of fused-ring (bicyclic) bond motifs is 3. The van der Waals surface area contributed by atoms with E-state index < -0.39 is 0 Å². The highest BCUT2D eigenvalue weighted by atomic mass is 16.1. The number of benzene rings is 2. The predicted molar refractivity (Wildman–Crippen MR) is 104 cm³/mol. The van der Waals surface area contributed by atoms with Crippen LogP contribution in [0, 0.1) is 0 Å². The van der Waals surface area contributed by atoms with Crippen LogP contribution < -0.4 is 0 Å². The molecule has 1 N–H and O–H groups in total. The summed E-state index contributed by atoms with van der Waals surface area (Å²) in [5, 5.41) is 2.00. The summed E-state index contributed by atoms with van der Waals surface area (Å²) in [5.41, 5.74) is 4.95. The quantitative estimate of drug-likeness (QED) is 0.625. The Morgan fingerprint density at radius 3 is 1.32 bits per heavy atom. The molecule has 0 unspecified atom stereocenters. The van der Waals surface area contributed by atoms with Gasteiger partial charge in [-0.25, -0.2) is 0 Å². The highest BCUT2D eigenvalue weighted by Crippen LogP contribution is 2.36. The number of hydrogen-bond acceptors (Lipinski definition) is 2. The summed E-state index contributed by atoms with van der Waals surface area (Å²) >= 11 is 0. The number of aromatic amines is 1. The van der Waals surface area contributed by atoms with E-state index in [1.54, 1.807) is 0 Å². The van der Waals surface area contributed by atoms with Crippen molar-refractivity contribution in [2.24, 2.45) is 0 Å². The Hall–Kier alpha value is -2.42. The van der Waals surface area contributed by atoms with Crippen LogP contribution in [0.4, 0.5) is 0 Å². The van der Waals surface area contributed by atoms with Gasteiger partial charge in [-0.05, 0) is 46.2 Å². The maximum absolute atomic E-state index is 11.7. The van der Waals surface area contributed by atoms with Crippen molar-refractivity contribution in [3.05, 3.63) is 46.5 Å². The molecule has 130 valence electrons. The summed E-state index contributed by atoms with van der Waals surface area (Å²) in [4.78, 5) is 26.6. The fraction of sp³-hybridized carbons (Fsp3) is 0.364. The van der Waals surface area contributed by atoms with Crippen LogP contribution in [0.2, 0.25) is 0 Å². The van der Waals surface area contributed by atoms with Crippen molar-refractivity contribution in [1.82, 2.24) is 4.98 Å². The Bertz CT molecular complexity index is 915. The molecule has 0 amide bonds. The number of aromatic nitrogens is 1. The van der Waals surface area contributed by atoms with Crippen molar-refractivity contribution in [1.29, 1.82) is 0 Å². The standard InChI is InChI=1S/C22H25NO2/c1-21(2,3)15-7-13(11-24)19-17(9-15)18-10-16(22(4,5)6)8-14(12-25)20(18)23-19/h7-12,23H,1-6H3. The fourth-order valence-corrected chi connectivity index (χ4v) is 3.21. The van der Waals surface area contributed by atoms with Crippen LogP contribution in [-0.2, 0) is 10.8 Å². The Labute approximate surface area is 148 Å². The fourth-order valence-electron chi connectivity index (χ4n) is 3.21. The summed E-state index contributed by atoms with van der Waals surface area (Å²) in [6.45, 7) is 12.8. The van der Waals surface area contributed by atoms with E-state index in [4.69, 9.17) is 0 Å². The van der Waals surface area contributed by atoms with Gasteiger partial charge in [0.2, 0.25) is 0 Å². The molecule has 0 spiro atoms. The monoisotopic (exact) mass is 335 g/mol. The molecule has 1 heterocycles. The number of hydrogen-bond donors (Lipinski definition) is 1. The Balaban J connectivity index is 2.51. The van der Waals surface area contributed by atoms with Crippen LogP contribution in [0.3, 0.4) is 0 Å². The van der Waals surface area contributed by atoms with Crippen LogP contribution >= 0.6 is 0 Å². The molecule has 3 heteroatoms. The van der Waals surface area contributed by atoms with Gasteiger partial charge in [-0.2, -0.15) is 0 Å². The molecule has 0 radical (unpaired) electrons. The first-order valence-electron chi connectivity index (χ1n) is 8.61. The third kappa shape index (κ3) is 2.88. The van der Waals surface area contributed by atoms with Crippen LogP contribution in [0.5, 0.6) is 0 Å². The van der Waals surface area contributed by atoms with Gasteiger partial charge >= 0.3 is 0 Å². The summed E-state index contributed by atoms with van der Waals surface area (Å²) < 4.78 is 0. The van der Waals surface area contributed by atoms with Gasteiger partial charge < -0.3 is 4.98 Å². The average Bonchev–Trinajstić information content (AvgIpc) is 2.90. The lowest BCUT2D eigenvalue weighted by molar-refractivity contribution is 0.111. The summed E-state index contributed by atoms with van der Waals surface area (Å²) in [6.07, 6.45) is 1.77. The van der Waals surface area contributed by atoms with E-state index in [0.717, 1.165) is 45.5 Å². The van der Waals surface area contributed by atoms with E-state index in [2.05, 4.69) is 58.7 Å². The molecule has 0 atom stereocenters. The summed E-state index contributed by atoms with van der Waals surface area (Å²) in [7, 11) is 0. The Kier molecular flexibility index (Phi) is 3.86. The minimum absolute atomic E-state index is 0.0648. The average molecular weight is 335 g/mol. The minimum Gasteiger partial charge on any atom is -0.353 e. The second kappa shape index (κ2) is 5.55. The van der Waals surface area contributed by atoms with Crippen molar-refractivity contribution in [3.8, 4) is 0 Å². The molecule has 0 fully saturated rings. The highest BCUT2D eigenvalue weighted by molar-refractivity contribution is 6.15. The SMILES string of the molecule is CC(C)(C)c1cc(C=O)c2[nH]c3c(C=O)cc(C(C)(C)C)cc3c2c1. The van der Waals surface area contributed by atoms with E-state index in [1.165, 1.54) is 0 Å². The van der Waals surface area contributed by atoms with E-state index in [-0.39, 0.29) is 10.8 Å². The largest absolute Gasteiger partial charge is 0.353 e. The van der Waals surface area contributed by atoms with Crippen molar-refractivity contribution in [3.63, 3.8) is 0 Å². The van der Waals surface area contributed by atoms with Gasteiger partial charge in [-0.15, -0.1) is 0 Å². The van der Waals surface area contributed by atoms with E-state index in [9.17, 15) is 9.59 Å². The second-order valence-electron chi connectivity index (χ2n) is 8.84. The third-order valence-corrected chi connectivity index (χ3v) is 4.86. The number of H-pyrrole nitrogens is 1. The first kappa shape index (κ1) is 17.4. The number of carbonyl (C=O) groups excluding carboxylic acids is 2. The molecule has 25 heavy (non-hydrogen) atoms. The van der Waals surface area contributed by atoms with Gasteiger partial charge in [0.15, 0.2) is 12.6 Å². The number of aldehydes is 2. The lowest BCUT2D eigenvalue weighted by Gasteiger charge is -2.20. The Morgan fingerprint density at radius 1 is 0.680 bits per heavy atom. The number of nitrogens with one attached hydrogen (secondary N) is 1. The van der Waals surface area contributed by atoms with Gasteiger partial charge in [-0.1, -0.05) is 41.5 Å². The molecule has 2 aromatic carbocycles. The summed E-state index contributed by atoms with van der Waals surface area (Å²) in [5.74, 6) is 0. The molecule has 3 nitrogen and oxygen atoms in total. The normalized spacial score (nSPS) is 12.7. The van der Waals surface area contributed by atoms with Gasteiger partial charge in [0.05, 0.1) is 11.0 Å². The molecule has 0 aliphatic rings. The second-order valence-corrected chi connectivity index (χ2v) is 8.84. The molecule has 0 aliphatic heterocycles. The molecule has 1 aromatic heterocycles. The summed E-state index contributed by atoms with van der Waals surface area (Å²) in [6, 6.07) is 8.16. The van der Waals surface area contributed by atoms with Crippen LogP contribution in [0.1, 0.15) is 73.4 Å². The molecule has 0 saturated carbocycles. The molecule has 3 aromatic rings. The zero-order chi connectivity index (χ0) is 18.6. The van der Waals surface area contributed by atoms with Crippen molar-refractivity contribution in [2.75, 3.05) is 0 Å². The molecule has 0 saturated heterocycles. The van der Waals surface area contributed by atoms with E-state index in [0.29, 0.717) is 11.1 Å². The number of rotatable bonds is 2. The zero-order valence-corrected chi connectivity index (χ0v) is 15.8. The van der Waals surface area contributed by atoms with Gasteiger partial charge in [-0.3, -0.25) is 9.59 Å². The molecule has 3 rings (SSSR count). The van der Waals surface area contributed by atoms with E-state index in [1.807, 2.05) is 12.1 Å². The Morgan fingerprint density at radius 2 is 1.04 bits per heavy atom. The first-order valence-corrected chi connectivity index (χ1v) is 8.61. The highest BCUT2D eigenvalue weighted by Gasteiger charge is 2.21. The minimum atomic E-state index is -0.0648. The van der Waals surface area contributed by atoms with Crippen LogP contribution in [0.15, 0.2) is 24.3 Å². The molecular formula is C22H25NO2. The van der Waals surface area contributed by atoms with Crippen molar-refractivity contribution < 1.29 is 9.59 Å². The predicted octanol–water partition coefficient (Wildman–Crippen LogP) is 5.54. The number of carbonyl (C=O) groups is 2. The van der Waals surface area contributed by atoms with Gasteiger partial charge in [0.25, 0.3) is 0 Å². The van der Waals surface area contributed by atoms with Crippen LogP contribution in [-0.4, -0.2) is 17.6 Å². The maximum Gasteiger partial charge on any atom is 0.152 e. The molecular weight excluding hydrogens is 310 g/mol. The topological polar surface area (TPSA) is 49.9 Å². The maximum atomic E-state index is 11.7. The van der Waals surface area contributed by atoms with Gasteiger partial charge in [0, 0.05) is 21.9 Å². The molecule has 0 aliphatic carbocycles. The lowest BCUT2D eigenvalue weighted by atomic mass is 9.83. The van der Waals surface area contributed by atoms with Crippen molar-refractivity contribution >= 4 is 34.4 Å². The first-order chi connectivity index (χ1) is 11.6. The third-order valence-electron chi connectivity index (χ3n) is 4.86.